The van der Waals surface area contributed by atoms with Crippen LogP contribution in [0.25, 0.3) is 0 Å². The normalized spacial score (nSPS) is 9.40. The lowest BCUT2D eigenvalue weighted by atomic mass is 10.4. The summed E-state index contributed by atoms with van der Waals surface area (Å²) in [5, 5.41) is 3.08. The number of nitrogens with one attached hydrogen (secondary N) is 2. The van der Waals surface area contributed by atoms with E-state index in [1.165, 1.54) is 0 Å². The average molecular weight is 145 g/mol. The fourth-order valence-electron chi connectivity index (χ4n) is 0.576. The number of hydrazine groups is 1. The van der Waals surface area contributed by atoms with Crippen LogP contribution in [0, 0.1) is 0 Å². The summed E-state index contributed by atoms with van der Waals surface area (Å²) >= 11 is 0. The zero-order valence-corrected chi connectivity index (χ0v) is 6.31. The first-order chi connectivity index (χ1) is 4.81. The van der Waals surface area contributed by atoms with E-state index in [0.717, 1.165) is 13.0 Å². The third-order valence-corrected chi connectivity index (χ3v) is 1.12. The predicted molar refractivity (Wildman–Crippen MR) is 40.1 cm³/mol. The van der Waals surface area contributed by atoms with E-state index in [2.05, 4.69) is 17.7 Å². The van der Waals surface area contributed by atoms with Crippen LogP contribution in [-0.2, 0) is 4.79 Å². The van der Waals surface area contributed by atoms with Gasteiger partial charge in [-0.3, -0.25) is 10.2 Å². The van der Waals surface area contributed by atoms with Crippen molar-refractivity contribution in [2.45, 2.75) is 19.8 Å². The van der Waals surface area contributed by atoms with Crippen molar-refractivity contribution in [3.05, 3.63) is 0 Å². The molecule has 0 spiro atoms. The number of nitrogens with two attached hydrogens (primary N) is 1. The first-order valence-corrected chi connectivity index (χ1v) is 3.51. The van der Waals surface area contributed by atoms with Gasteiger partial charge < -0.3 is 5.32 Å². The SMILES string of the molecule is CCCNCCC(=O)NN. The van der Waals surface area contributed by atoms with E-state index >= 15 is 0 Å². The fraction of sp³-hybridized carbons (Fsp3) is 0.833. The molecule has 0 bridgehead atoms. The predicted octanol–water partition coefficient (Wildman–Crippen LogP) is -0.634. The number of hydrogen-bond donors (Lipinski definition) is 3. The van der Waals surface area contributed by atoms with E-state index in [0.29, 0.717) is 13.0 Å². The molecule has 0 rings (SSSR count). The van der Waals surface area contributed by atoms with Gasteiger partial charge in [0.05, 0.1) is 0 Å². The molecule has 0 unspecified atom stereocenters. The molecular formula is C6H15N3O. The van der Waals surface area contributed by atoms with Crippen LogP contribution >= 0.6 is 0 Å². The summed E-state index contributed by atoms with van der Waals surface area (Å²) in [6.45, 7) is 3.74. The molecule has 0 aromatic rings. The van der Waals surface area contributed by atoms with Crippen LogP contribution in [0.1, 0.15) is 19.8 Å². The lowest BCUT2D eigenvalue weighted by molar-refractivity contribution is -0.121. The van der Waals surface area contributed by atoms with Gasteiger partial charge in [0, 0.05) is 13.0 Å². The topological polar surface area (TPSA) is 67.2 Å². The van der Waals surface area contributed by atoms with Gasteiger partial charge in [-0.25, -0.2) is 5.84 Å². The number of rotatable bonds is 5. The van der Waals surface area contributed by atoms with E-state index in [-0.39, 0.29) is 5.91 Å². The quantitative estimate of drug-likeness (QED) is 0.209. The molecular weight excluding hydrogens is 130 g/mol. The van der Waals surface area contributed by atoms with Gasteiger partial charge in [-0.15, -0.1) is 0 Å². The first kappa shape index (κ1) is 9.39. The Bertz CT molecular complexity index is 95.0. The number of hydrogen-bond acceptors (Lipinski definition) is 3. The maximum atomic E-state index is 10.5. The van der Waals surface area contributed by atoms with Crippen molar-refractivity contribution in [1.82, 2.24) is 10.7 Å². The third-order valence-electron chi connectivity index (χ3n) is 1.12. The molecule has 4 heteroatoms. The van der Waals surface area contributed by atoms with E-state index in [1.807, 2.05) is 0 Å². The molecule has 0 heterocycles. The van der Waals surface area contributed by atoms with Gasteiger partial charge in [-0.05, 0) is 13.0 Å². The van der Waals surface area contributed by atoms with Crippen LogP contribution in [-0.4, -0.2) is 19.0 Å². The van der Waals surface area contributed by atoms with Crippen LogP contribution in [0.5, 0.6) is 0 Å². The van der Waals surface area contributed by atoms with Gasteiger partial charge in [0.25, 0.3) is 0 Å². The summed E-state index contributed by atoms with van der Waals surface area (Å²) in [6.07, 6.45) is 1.54. The largest absolute Gasteiger partial charge is 0.316 e. The Morgan fingerprint density at radius 2 is 2.20 bits per heavy atom. The van der Waals surface area contributed by atoms with Gasteiger partial charge in [-0.1, -0.05) is 6.92 Å². The van der Waals surface area contributed by atoms with Gasteiger partial charge in [0.15, 0.2) is 0 Å². The van der Waals surface area contributed by atoms with E-state index in [9.17, 15) is 4.79 Å². The second-order valence-corrected chi connectivity index (χ2v) is 2.07. The molecule has 4 nitrogen and oxygen atoms in total. The Hall–Kier alpha value is -0.610. The number of carbonyl (C=O) groups is 1. The summed E-state index contributed by atoms with van der Waals surface area (Å²) in [7, 11) is 0. The molecule has 1 amide bonds. The van der Waals surface area contributed by atoms with Crippen LogP contribution < -0.4 is 16.6 Å². The first-order valence-electron chi connectivity index (χ1n) is 3.51. The summed E-state index contributed by atoms with van der Waals surface area (Å²) in [4.78, 5) is 10.5. The summed E-state index contributed by atoms with van der Waals surface area (Å²) < 4.78 is 0. The van der Waals surface area contributed by atoms with Crippen molar-refractivity contribution in [2.24, 2.45) is 5.84 Å². The Balaban J connectivity index is 2.96. The molecule has 0 aromatic heterocycles. The Kier molecular flexibility index (Phi) is 6.11. The van der Waals surface area contributed by atoms with Gasteiger partial charge in [0.1, 0.15) is 0 Å². The van der Waals surface area contributed by atoms with Crippen molar-refractivity contribution in [3.63, 3.8) is 0 Å². The van der Waals surface area contributed by atoms with Crippen LogP contribution in [0.3, 0.4) is 0 Å². The minimum absolute atomic E-state index is 0.122. The summed E-state index contributed by atoms with van der Waals surface area (Å²) in [6, 6.07) is 0. The molecule has 0 fully saturated rings. The minimum atomic E-state index is -0.122. The monoisotopic (exact) mass is 145 g/mol. The van der Waals surface area contributed by atoms with Crippen molar-refractivity contribution in [3.8, 4) is 0 Å². The standard InChI is InChI=1S/C6H15N3O/c1-2-4-8-5-3-6(10)9-7/h8H,2-5,7H2,1H3,(H,9,10). The van der Waals surface area contributed by atoms with E-state index in [1.54, 1.807) is 0 Å². The highest BCUT2D eigenvalue weighted by atomic mass is 16.2. The summed E-state index contributed by atoms with van der Waals surface area (Å²) in [5.74, 6) is 4.74. The lowest BCUT2D eigenvalue weighted by Gasteiger charge is -2.00. The zero-order valence-electron chi connectivity index (χ0n) is 6.31. The van der Waals surface area contributed by atoms with Crippen molar-refractivity contribution >= 4 is 5.91 Å². The lowest BCUT2D eigenvalue weighted by Crippen LogP contribution is -2.32. The fourth-order valence-corrected chi connectivity index (χ4v) is 0.576. The maximum absolute atomic E-state index is 10.5. The van der Waals surface area contributed by atoms with Gasteiger partial charge >= 0.3 is 0 Å². The smallest absolute Gasteiger partial charge is 0.235 e. The summed E-state index contributed by atoms with van der Waals surface area (Å²) in [5.41, 5.74) is 2.06. The zero-order chi connectivity index (χ0) is 7.82. The Morgan fingerprint density at radius 1 is 1.50 bits per heavy atom. The second-order valence-electron chi connectivity index (χ2n) is 2.07. The Labute approximate surface area is 61.1 Å². The minimum Gasteiger partial charge on any atom is -0.316 e. The molecule has 0 radical (unpaired) electrons. The van der Waals surface area contributed by atoms with Gasteiger partial charge in [0.2, 0.25) is 5.91 Å². The molecule has 10 heavy (non-hydrogen) atoms. The number of amides is 1. The van der Waals surface area contributed by atoms with Crippen LogP contribution in [0.15, 0.2) is 0 Å². The molecule has 4 N–H and O–H groups in total. The molecule has 0 atom stereocenters. The van der Waals surface area contributed by atoms with Crippen molar-refractivity contribution in [1.29, 1.82) is 0 Å². The third kappa shape index (κ3) is 5.53. The van der Waals surface area contributed by atoms with Crippen molar-refractivity contribution in [2.75, 3.05) is 13.1 Å². The molecule has 0 saturated heterocycles. The molecule has 0 aliphatic rings. The maximum Gasteiger partial charge on any atom is 0.235 e. The molecule has 0 aliphatic heterocycles. The van der Waals surface area contributed by atoms with Crippen molar-refractivity contribution < 1.29 is 4.79 Å². The number of carbonyl (C=O) groups excluding carboxylic acids is 1. The molecule has 60 valence electrons. The highest BCUT2D eigenvalue weighted by Gasteiger charge is 1.94. The molecule has 0 aliphatic carbocycles. The van der Waals surface area contributed by atoms with Crippen LogP contribution in [0.4, 0.5) is 0 Å². The molecule has 0 saturated carbocycles. The van der Waals surface area contributed by atoms with E-state index < -0.39 is 0 Å². The highest BCUT2D eigenvalue weighted by molar-refractivity contribution is 5.75. The van der Waals surface area contributed by atoms with Gasteiger partial charge in [-0.2, -0.15) is 0 Å². The Morgan fingerprint density at radius 3 is 2.70 bits per heavy atom. The highest BCUT2D eigenvalue weighted by Crippen LogP contribution is 1.75. The second kappa shape index (κ2) is 6.51. The van der Waals surface area contributed by atoms with E-state index in [4.69, 9.17) is 5.84 Å². The van der Waals surface area contributed by atoms with Crippen LogP contribution in [0.2, 0.25) is 0 Å². The average Bonchev–Trinajstić information content (AvgIpc) is 1.98. The molecule has 0 aromatic carbocycles.